The van der Waals surface area contributed by atoms with Crippen molar-refractivity contribution >= 4 is 47.2 Å². The molecule has 1 aromatic rings. The van der Waals surface area contributed by atoms with Gasteiger partial charge in [0.2, 0.25) is 5.91 Å². The average molecular weight is 464 g/mol. The number of carbonyl (C=O) groups is 1. The minimum atomic E-state index is 0. The topological polar surface area (TPSA) is 56.7 Å². The molecule has 0 spiro atoms. The van der Waals surface area contributed by atoms with E-state index in [-0.39, 0.29) is 29.9 Å². The lowest BCUT2D eigenvalue weighted by Gasteiger charge is -2.27. The number of thiophene rings is 1. The van der Waals surface area contributed by atoms with Gasteiger partial charge in [0.1, 0.15) is 0 Å². The summed E-state index contributed by atoms with van der Waals surface area (Å²) in [5.74, 6) is 1.66. The highest BCUT2D eigenvalue weighted by Gasteiger charge is 2.20. The number of aliphatic imine (C=N–C) groups is 1. The molecule has 5 nitrogen and oxygen atoms in total. The third kappa shape index (κ3) is 6.58. The van der Waals surface area contributed by atoms with Gasteiger partial charge in [-0.2, -0.15) is 0 Å². The third-order valence-electron chi connectivity index (χ3n) is 4.03. The molecule has 1 amide bonds. The highest BCUT2D eigenvalue weighted by Crippen LogP contribution is 2.24. The molecule has 136 valence electrons. The Kier molecular flexibility index (Phi) is 9.65. The number of hydrogen-bond acceptors (Lipinski definition) is 3. The third-order valence-corrected chi connectivity index (χ3v) is 5.05. The first kappa shape index (κ1) is 21.2. The van der Waals surface area contributed by atoms with Crippen LogP contribution in [0, 0.1) is 5.92 Å². The normalized spacial score (nSPS) is 14.2. The summed E-state index contributed by atoms with van der Waals surface area (Å²) in [6.45, 7) is 7.53. The first-order chi connectivity index (χ1) is 11.1. The van der Waals surface area contributed by atoms with Gasteiger partial charge in [-0.15, -0.1) is 35.3 Å². The maximum absolute atomic E-state index is 12.3. The van der Waals surface area contributed by atoms with Gasteiger partial charge in [0.15, 0.2) is 5.96 Å². The van der Waals surface area contributed by atoms with Crippen molar-refractivity contribution < 1.29 is 4.79 Å². The summed E-state index contributed by atoms with van der Waals surface area (Å²) in [7, 11) is 1.76. The number of nitrogens with one attached hydrogen (secondary N) is 2. The average Bonchev–Trinajstić information content (AvgIpc) is 3.00. The van der Waals surface area contributed by atoms with Crippen LogP contribution in [-0.2, 0) is 17.8 Å². The molecule has 1 aliphatic rings. The van der Waals surface area contributed by atoms with Crippen LogP contribution < -0.4 is 10.6 Å². The second-order valence-electron chi connectivity index (χ2n) is 6.29. The van der Waals surface area contributed by atoms with E-state index in [0.29, 0.717) is 18.9 Å². The van der Waals surface area contributed by atoms with Crippen molar-refractivity contribution in [2.24, 2.45) is 10.9 Å². The molecule has 0 saturated heterocycles. The molecule has 24 heavy (non-hydrogen) atoms. The number of nitrogens with zero attached hydrogens (tertiary/aromatic N) is 2. The zero-order valence-corrected chi connectivity index (χ0v) is 17.9. The number of rotatable bonds is 6. The summed E-state index contributed by atoms with van der Waals surface area (Å²) in [4.78, 5) is 19.9. The molecule has 0 bridgehead atoms. The fraction of sp³-hybridized carbons (Fsp3) is 0.647. The van der Waals surface area contributed by atoms with Gasteiger partial charge in [0.05, 0.1) is 0 Å². The SMILES string of the molecule is CN=C(NCCC(=O)N1CCc2sccc2C1)NCCC(C)C.I. The largest absolute Gasteiger partial charge is 0.356 e. The Morgan fingerprint density at radius 2 is 2.12 bits per heavy atom. The first-order valence-corrected chi connectivity index (χ1v) is 9.25. The lowest BCUT2D eigenvalue weighted by molar-refractivity contribution is -0.131. The van der Waals surface area contributed by atoms with E-state index in [1.165, 1.54) is 10.4 Å². The molecule has 7 heteroatoms. The first-order valence-electron chi connectivity index (χ1n) is 8.37. The number of hydrogen-bond donors (Lipinski definition) is 2. The summed E-state index contributed by atoms with van der Waals surface area (Å²) in [5, 5.41) is 8.62. The molecule has 0 radical (unpaired) electrons. The van der Waals surface area contributed by atoms with Crippen molar-refractivity contribution in [3.8, 4) is 0 Å². The zero-order chi connectivity index (χ0) is 16.7. The minimum Gasteiger partial charge on any atom is -0.356 e. The fourth-order valence-corrected chi connectivity index (χ4v) is 3.50. The number of halogens is 1. The summed E-state index contributed by atoms with van der Waals surface area (Å²) < 4.78 is 0. The van der Waals surface area contributed by atoms with E-state index < -0.39 is 0 Å². The molecule has 0 unspecified atom stereocenters. The summed E-state index contributed by atoms with van der Waals surface area (Å²) >= 11 is 1.80. The van der Waals surface area contributed by atoms with E-state index in [2.05, 4.69) is 40.9 Å². The lowest BCUT2D eigenvalue weighted by atomic mass is 10.1. The van der Waals surface area contributed by atoms with Gasteiger partial charge in [-0.05, 0) is 35.8 Å². The Bertz CT molecular complexity index is 544. The maximum atomic E-state index is 12.3. The molecule has 2 rings (SSSR count). The molecular weight excluding hydrogens is 435 g/mol. The molecule has 0 aromatic carbocycles. The van der Waals surface area contributed by atoms with Gasteiger partial charge in [0, 0.05) is 44.5 Å². The predicted octanol–water partition coefficient (Wildman–Crippen LogP) is 2.85. The van der Waals surface area contributed by atoms with Crippen LogP contribution in [-0.4, -0.2) is 43.4 Å². The van der Waals surface area contributed by atoms with Crippen LogP contribution in [0.1, 0.15) is 37.1 Å². The van der Waals surface area contributed by atoms with Crippen molar-refractivity contribution in [2.75, 3.05) is 26.7 Å². The van der Waals surface area contributed by atoms with E-state index in [4.69, 9.17) is 0 Å². The quantitative estimate of drug-likeness (QED) is 0.387. The van der Waals surface area contributed by atoms with Crippen molar-refractivity contribution in [1.82, 2.24) is 15.5 Å². The smallest absolute Gasteiger partial charge is 0.224 e. The Morgan fingerprint density at radius 1 is 1.38 bits per heavy atom. The monoisotopic (exact) mass is 464 g/mol. The molecule has 2 heterocycles. The number of amides is 1. The van der Waals surface area contributed by atoms with E-state index >= 15 is 0 Å². The zero-order valence-electron chi connectivity index (χ0n) is 14.8. The van der Waals surface area contributed by atoms with Crippen LogP contribution in [0.2, 0.25) is 0 Å². The van der Waals surface area contributed by atoms with Gasteiger partial charge in [-0.3, -0.25) is 9.79 Å². The van der Waals surface area contributed by atoms with Crippen LogP contribution in [0.4, 0.5) is 0 Å². The second-order valence-corrected chi connectivity index (χ2v) is 7.29. The minimum absolute atomic E-state index is 0. The molecular formula is C17H29IN4OS. The molecule has 1 aliphatic heterocycles. The van der Waals surface area contributed by atoms with E-state index in [1.54, 1.807) is 18.4 Å². The molecule has 0 fully saturated rings. The number of fused-ring (bicyclic) bond motifs is 1. The van der Waals surface area contributed by atoms with Crippen LogP contribution >= 0.6 is 35.3 Å². The van der Waals surface area contributed by atoms with Crippen molar-refractivity contribution in [3.63, 3.8) is 0 Å². The van der Waals surface area contributed by atoms with Crippen LogP contribution in [0.5, 0.6) is 0 Å². The molecule has 2 N–H and O–H groups in total. The van der Waals surface area contributed by atoms with Crippen molar-refractivity contribution in [1.29, 1.82) is 0 Å². The number of guanidine groups is 1. The van der Waals surface area contributed by atoms with Gasteiger partial charge in [0.25, 0.3) is 0 Å². The molecule has 1 aromatic heterocycles. The van der Waals surface area contributed by atoms with Crippen molar-refractivity contribution in [3.05, 3.63) is 21.9 Å². The lowest BCUT2D eigenvalue weighted by Crippen LogP contribution is -2.41. The standard InChI is InChI=1S/C17H28N4OS.HI/c1-13(2)4-8-19-17(18-3)20-9-5-16(22)21-10-6-15-14(12-21)7-11-23-15;/h7,11,13H,4-6,8-10,12H2,1-3H3,(H2,18,19,20);1H. The van der Waals surface area contributed by atoms with E-state index in [9.17, 15) is 4.79 Å². The molecule has 0 saturated carbocycles. The second kappa shape index (κ2) is 10.9. The van der Waals surface area contributed by atoms with Crippen LogP contribution in [0.15, 0.2) is 16.4 Å². The van der Waals surface area contributed by atoms with Gasteiger partial charge >= 0.3 is 0 Å². The predicted molar refractivity (Wildman–Crippen MR) is 112 cm³/mol. The van der Waals surface area contributed by atoms with Gasteiger partial charge in [-0.1, -0.05) is 13.8 Å². The van der Waals surface area contributed by atoms with E-state index in [1.807, 2.05) is 4.90 Å². The Morgan fingerprint density at radius 3 is 2.83 bits per heavy atom. The summed E-state index contributed by atoms with van der Waals surface area (Å²) in [6.07, 6.45) is 2.60. The van der Waals surface area contributed by atoms with E-state index in [0.717, 1.165) is 38.4 Å². The molecule has 0 atom stereocenters. The maximum Gasteiger partial charge on any atom is 0.224 e. The van der Waals surface area contributed by atoms with Crippen LogP contribution in [0.3, 0.4) is 0 Å². The highest BCUT2D eigenvalue weighted by atomic mass is 127. The van der Waals surface area contributed by atoms with Crippen molar-refractivity contribution in [2.45, 2.75) is 39.7 Å². The summed E-state index contributed by atoms with van der Waals surface area (Å²) in [6, 6.07) is 2.14. The fourth-order valence-electron chi connectivity index (χ4n) is 2.61. The van der Waals surface area contributed by atoms with Crippen LogP contribution in [0.25, 0.3) is 0 Å². The molecule has 0 aliphatic carbocycles. The number of carbonyl (C=O) groups excluding carboxylic acids is 1. The Labute approximate surface area is 166 Å². The Balaban J connectivity index is 0.00000288. The Hall–Kier alpha value is -0.830. The van der Waals surface area contributed by atoms with Gasteiger partial charge in [-0.25, -0.2) is 0 Å². The van der Waals surface area contributed by atoms with Gasteiger partial charge < -0.3 is 15.5 Å². The summed E-state index contributed by atoms with van der Waals surface area (Å²) in [5.41, 5.74) is 1.31. The highest BCUT2D eigenvalue weighted by molar-refractivity contribution is 14.0.